The minimum absolute atomic E-state index is 0.0915. The van der Waals surface area contributed by atoms with Crippen LogP contribution in [0.5, 0.6) is 0 Å². The molecule has 0 radical (unpaired) electrons. The van der Waals surface area contributed by atoms with Crippen LogP contribution in [0.25, 0.3) is 0 Å². The summed E-state index contributed by atoms with van der Waals surface area (Å²) in [6, 6.07) is 3.99. The molecule has 2 aromatic rings. The van der Waals surface area contributed by atoms with Gasteiger partial charge in [-0.25, -0.2) is 9.59 Å². The van der Waals surface area contributed by atoms with Crippen LogP contribution in [0, 0.1) is 0 Å². The van der Waals surface area contributed by atoms with Gasteiger partial charge in [-0.3, -0.25) is 9.36 Å². The normalized spacial score (nSPS) is 10.6. The first-order chi connectivity index (χ1) is 9.02. The number of aryl methyl sites for hydroxylation is 1. The Hall–Kier alpha value is -2.57. The van der Waals surface area contributed by atoms with Crippen LogP contribution in [-0.2, 0) is 13.1 Å². The summed E-state index contributed by atoms with van der Waals surface area (Å²) < 4.78 is 7.40. The quantitative estimate of drug-likeness (QED) is 0.860. The number of carbonyl (C=O) groups is 1. The maximum absolute atomic E-state index is 11.9. The molecule has 0 saturated carbocycles. The summed E-state index contributed by atoms with van der Waals surface area (Å²) in [5.74, 6) is -1.18. The van der Waals surface area contributed by atoms with Crippen molar-refractivity contribution < 1.29 is 14.3 Å². The van der Waals surface area contributed by atoms with E-state index in [-0.39, 0.29) is 18.1 Å². The highest BCUT2D eigenvalue weighted by atomic mass is 16.4. The summed E-state index contributed by atoms with van der Waals surface area (Å²) in [5.41, 5.74) is -0.911. The lowest BCUT2D eigenvalue weighted by Crippen LogP contribution is -2.38. The zero-order chi connectivity index (χ0) is 14.0. The lowest BCUT2D eigenvalue weighted by molar-refractivity contribution is 0.0660. The Morgan fingerprint density at radius 3 is 2.63 bits per heavy atom. The highest BCUT2D eigenvalue weighted by Gasteiger charge is 2.11. The number of hydrogen-bond acceptors (Lipinski definition) is 4. The summed E-state index contributed by atoms with van der Waals surface area (Å²) in [7, 11) is 0. The molecule has 0 unspecified atom stereocenters. The Labute approximate surface area is 107 Å². The van der Waals surface area contributed by atoms with Gasteiger partial charge in [-0.2, -0.15) is 0 Å². The van der Waals surface area contributed by atoms with Gasteiger partial charge in [0.15, 0.2) is 0 Å². The molecule has 0 amide bonds. The minimum Gasteiger partial charge on any atom is -0.475 e. The van der Waals surface area contributed by atoms with Crippen molar-refractivity contribution in [1.29, 1.82) is 0 Å². The first kappa shape index (κ1) is 12.9. The van der Waals surface area contributed by atoms with Crippen LogP contribution < -0.4 is 11.2 Å². The van der Waals surface area contributed by atoms with Crippen molar-refractivity contribution in [3.05, 3.63) is 56.8 Å². The molecule has 2 rings (SSSR count). The predicted octanol–water partition coefficient (Wildman–Crippen LogP) is 0.369. The molecule has 0 aliphatic carbocycles. The van der Waals surface area contributed by atoms with Crippen molar-refractivity contribution in [2.75, 3.05) is 0 Å². The lowest BCUT2D eigenvalue weighted by Gasteiger charge is -2.06. The average molecular weight is 264 g/mol. The van der Waals surface area contributed by atoms with Crippen molar-refractivity contribution in [1.82, 2.24) is 9.13 Å². The Morgan fingerprint density at radius 1 is 1.32 bits per heavy atom. The molecule has 0 spiro atoms. The van der Waals surface area contributed by atoms with Gasteiger partial charge < -0.3 is 14.1 Å². The topological polar surface area (TPSA) is 94.4 Å². The number of nitrogens with zero attached hydrogens (tertiary/aromatic N) is 2. The number of hydrogen-bond donors (Lipinski definition) is 1. The van der Waals surface area contributed by atoms with E-state index in [1.54, 1.807) is 6.92 Å². The number of rotatable bonds is 4. The standard InChI is InChI=1S/C12H12N2O5/c1-2-13-6-5-10(15)14(12(13)18)7-8-3-4-9(19-8)11(16)17/h3-6H,2,7H2,1H3,(H,16,17). The van der Waals surface area contributed by atoms with E-state index in [4.69, 9.17) is 9.52 Å². The van der Waals surface area contributed by atoms with Crippen molar-refractivity contribution in [3.63, 3.8) is 0 Å². The Kier molecular flexibility index (Phi) is 3.37. The summed E-state index contributed by atoms with van der Waals surface area (Å²) in [6.45, 7) is 2.13. The van der Waals surface area contributed by atoms with Crippen molar-refractivity contribution >= 4 is 5.97 Å². The second-order valence-corrected chi connectivity index (χ2v) is 3.88. The largest absolute Gasteiger partial charge is 0.475 e. The summed E-state index contributed by atoms with van der Waals surface area (Å²) >= 11 is 0. The van der Waals surface area contributed by atoms with Gasteiger partial charge in [-0.05, 0) is 19.1 Å². The van der Waals surface area contributed by atoms with Gasteiger partial charge >= 0.3 is 11.7 Å². The van der Waals surface area contributed by atoms with Crippen molar-refractivity contribution in [3.8, 4) is 0 Å². The molecule has 0 aliphatic rings. The van der Waals surface area contributed by atoms with E-state index in [9.17, 15) is 14.4 Å². The maximum atomic E-state index is 11.9. The molecule has 2 aromatic heterocycles. The first-order valence-corrected chi connectivity index (χ1v) is 5.65. The first-order valence-electron chi connectivity index (χ1n) is 5.65. The molecule has 7 nitrogen and oxygen atoms in total. The SMILES string of the molecule is CCn1ccc(=O)n(Cc2ccc(C(=O)O)o2)c1=O. The highest BCUT2D eigenvalue weighted by Crippen LogP contribution is 2.08. The molecule has 0 saturated heterocycles. The molecule has 0 bridgehead atoms. The fourth-order valence-corrected chi connectivity index (χ4v) is 1.68. The van der Waals surface area contributed by atoms with Crippen LogP contribution in [-0.4, -0.2) is 20.2 Å². The molecular weight excluding hydrogens is 252 g/mol. The Bertz CT molecular complexity index is 722. The van der Waals surface area contributed by atoms with E-state index < -0.39 is 17.2 Å². The van der Waals surface area contributed by atoms with E-state index in [1.165, 1.54) is 29.0 Å². The maximum Gasteiger partial charge on any atom is 0.371 e. The van der Waals surface area contributed by atoms with E-state index in [1.807, 2.05) is 0 Å². The smallest absolute Gasteiger partial charge is 0.371 e. The average Bonchev–Trinajstić information content (AvgIpc) is 2.83. The summed E-state index contributed by atoms with van der Waals surface area (Å²) in [5, 5.41) is 8.73. The van der Waals surface area contributed by atoms with Gasteiger partial charge in [0.05, 0.1) is 6.54 Å². The fourth-order valence-electron chi connectivity index (χ4n) is 1.68. The van der Waals surface area contributed by atoms with E-state index in [0.29, 0.717) is 6.54 Å². The second kappa shape index (κ2) is 4.97. The van der Waals surface area contributed by atoms with Crippen LogP contribution in [0.1, 0.15) is 23.2 Å². The van der Waals surface area contributed by atoms with Gasteiger partial charge in [-0.1, -0.05) is 0 Å². The molecule has 0 aliphatic heterocycles. The molecule has 0 atom stereocenters. The van der Waals surface area contributed by atoms with Crippen LogP contribution in [0.2, 0.25) is 0 Å². The highest BCUT2D eigenvalue weighted by molar-refractivity contribution is 5.84. The molecular formula is C12H12N2O5. The van der Waals surface area contributed by atoms with E-state index >= 15 is 0 Å². The van der Waals surface area contributed by atoms with E-state index in [0.717, 1.165) is 4.57 Å². The molecule has 7 heteroatoms. The second-order valence-electron chi connectivity index (χ2n) is 3.88. The third-order valence-corrected chi connectivity index (χ3v) is 2.67. The molecule has 0 aromatic carbocycles. The molecule has 0 fully saturated rings. The molecule has 100 valence electrons. The number of carboxylic acids is 1. The minimum atomic E-state index is -1.20. The van der Waals surface area contributed by atoms with E-state index in [2.05, 4.69) is 0 Å². The monoisotopic (exact) mass is 264 g/mol. The van der Waals surface area contributed by atoms with Gasteiger partial charge in [0.25, 0.3) is 5.56 Å². The van der Waals surface area contributed by atoms with Crippen LogP contribution in [0.15, 0.2) is 38.4 Å². The fraction of sp³-hybridized carbons (Fsp3) is 0.250. The third-order valence-electron chi connectivity index (χ3n) is 2.67. The number of aromatic carboxylic acids is 1. The summed E-state index contributed by atoms with van der Waals surface area (Å²) in [6.07, 6.45) is 1.42. The van der Waals surface area contributed by atoms with Crippen molar-refractivity contribution in [2.24, 2.45) is 0 Å². The van der Waals surface area contributed by atoms with Gasteiger partial charge in [0.1, 0.15) is 5.76 Å². The predicted molar refractivity (Wildman–Crippen MR) is 65.4 cm³/mol. The van der Waals surface area contributed by atoms with Crippen LogP contribution in [0.3, 0.4) is 0 Å². The Morgan fingerprint density at radius 2 is 2.05 bits per heavy atom. The summed E-state index contributed by atoms with van der Waals surface area (Å²) in [4.78, 5) is 34.3. The van der Waals surface area contributed by atoms with Gasteiger partial charge in [0.2, 0.25) is 5.76 Å². The zero-order valence-corrected chi connectivity index (χ0v) is 10.2. The van der Waals surface area contributed by atoms with Crippen LogP contribution in [0.4, 0.5) is 0 Å². The van der Waals surface area contributed by atoms with Crippen LogP contribution >= 0.6 is 0 Å². The zero-order valence-electron chi connectivity index (χ0n) is 10.2. The van der Waals surface area contributed by atoms with Gasteiger partial charge in [-0.15, -0.1) is 0 Å². The molecule has 1 N–H and O–H groups in total. The number of furan rings is 1. The third kappa shape index (κ3) is 2.49. The molecule has 19 heavy (non-hydrogen) atoms. The molecule has 2 heterocycles. The van der Waals surface area contributed by atoms with Crippen molar-refractivity contribution in [2.45, 2.75) is 20.0 Å². The Balaban J connectivity index is 2.40. The lowest BCUT2D eigenvalue weighted by atomic mass is 10.4. The number of carboxylic acid groups (broad SMARTS) is 1. The number of aromatic nitrogens is 2. The van der Waals surface area contributed by atoms with Gasteiger partial charge in [0, 0.05) is 18.8 Å².